The Kier molecular flexibility index (Phi) is 5.85. The molecule has 2 aromatic heterocycles. The van der Waals surface area contributed by atoms with E-state index in [0.29, 0.717) is 0 Å². The Morgan fingerprint density at radius 3 is 2.27 bits per heavy atom. The number of benzene rings is 1. The van der Waals surface area contributed by atoms with Crippen molar-refractivity contribution in [3.8, 4) is 11.4 Å². The zero-order valence-corrected chi connectivity index (χ0v) is 16.1. The number of pyridine rings is 1. The van der Waals surface area contributed by atoms with Crippen molar-refractivity contribution < 1.29 is 0 Å². The van der Waals surface area contributed by atoms with Gasteiger partial charge in [-0.25, -0.2) is 9.97 Å². The number of nitrogens with one attached hydrogen (secondary N) is 1. The molecule has 1 N–H and O–H groups in total. The minimum absolute atomic E-state index is 0.755. The number of rotatable bonds is 8. The molecule has 6 nitrogen and oxygen atoms in total. The van der Waals surface area contributed by atoms with Gasteiger partial charge in [-0.05, 0) is 52.5 Å². The van der Waals surface area contributed by atoms with Crippen molar-refractivity contribution in [3.63, 3.8) is 0 Å². The topological polar surface area (TPSA) is 51.3 Å². The van der Waals surface area contributed by atoms with E-state index in [9.17, 15) is 0 Å². The maximum atomic E-state index is 4.63. The van der Waals surface area contributed by atoms with Crippen molar-refractivity contribution in [1.82, 2.24) is 24.8 Å². The van der Waals surface area contributed by atoms with Gasteiger partial charge in [0.15, 0.2) is 5.65 Å². The first-order valence-corrected chi connectivity index (χ1v) is 8.98. The highest BCUT2D eigenvalue weighted by Crippen LogP contribution is 2.24. The molecule has 138 valence electrons. The molecule has 2 heterocycles. The number of hydrogen-bond acceptors (Lipinski definition) is 5. The molecule has 0 aliphatic carbocycles. The Bertz CT molecular complexity index is 794. The van der Waals surface area contributed by atoms with Crippen molar-refractivity contribution in [2.45, 2.75) is 0 Å². The van der Waals surface area contributed by atoms with E-state index >= 15 is 0 Å². The number of likely N-dealkylation sites (N-methyl/N-ethyl adjacent to an activating group) is 2. The molecule has 0 amide bonds. The summed E-state index contributed by atoms with van der Waals surface area (Å²) >= 11 is 0. The summed E-state index contributed by atoms with van der Waals surface area (Å²) in [5, 5.41) is 0. The second-order valence-corrected chi connectivity index (χ2v) is 7.10. The quantitative estimate of drug-likeness (QED) is 0.675. The van der Waals surface area contributed by atoms with Gasteiger partial charge in [-0.15, -0.1) is 0 Å². The maximum Gasteiger partial charge on any atom is 0.178 e. The standard InChI is InChI=1S/C20H28N6/c1-24(2)11-13-26(14-12-25(3)4)17-8-5-7-16(15-17)19-22-18-9-6-10-21-20(18)23-19/h5-10,15H,11-14H2,1-4H3,(H,21,22,23). The van der Waals surface area contributed by atoms with Crippen LogP contribution in [-0.4, -0.2) is 79.1 Å². The summed E-state index contributed by atoms with van der Waals surface area (Å²) in [6.07, 6.45) is 1.77. The predicted molar refractivity (Wildman–Crippen MR) is 109 cm³/mol. The molecular formula is C20H28N6. The summed E-state index contributed by atoms with van der Waals surface area (Å²) in [5.74, 6) is 0.862. The highest BCUT2D eigenvalue weighted by Gasteiger charge is 2.11. The van der Waals surface area contributed by atoms with Crippen LogP contribution in [0, 0.1) is 0 Å². The average molecular weight is 352 g/mol. The molecule has 0 saturated carbocycles. The highest BCUT2D eigenvalue weighted by atomic mass is 15.2. The normalized spacial score (nSPS) is 11.6. The van der Waals surface area contributed by atoms with Gasteiger partial charge in [0.05, 0.1) is 5.52 Å². The molecule has 3 rings (SSSR count). The molecule has 0 aliphatic heterocycles. The van der Waals surface area contributed by atoms with Crippen LogP contribution in [0.1, 0.15) is 0 Å². The second-order valence-electron chi connectivity index (χ2n) is 7.10. The summed E-state index contributed by atoms with van der Waals surface area (Å²) < 4.78 is 0. The third-order valence-corrected chi connectivity index (χ3v) is 4.38. The summed E-state index contributed by atoms with van der Waals surface area (Å²) in [4.78, 5) is 19.2. The van der Waals surface area contributed by atoms with Crippen LogP contribution in [0.2, 0.25) is 0 Å². The van der Waals surface area contributed by atoms with Gasteiger partial charge in [0.25, 0.3) is 0 Å². The SMILES string of the molecule is CN(C)CCN(CCN(C)C)c1cccc(-c2nc3ncccc3[nH]2)c1. The smallest absolute Gasteiger partial charge is 0.178 e. The lowest BCUT2D eigenvalue weighted by molar-refractivity contribution is 0.391. The maximum absolute atomic E-state index is 4.63. The molecule has 0 aliphatic rings. The van der Waals surface area contributed by atoms with Gasteiger partial charge in [-0.3, -0.25) is 0 Å². The number of nitrogens with zero attached hydrogens (tertiary/aromatic N) is 5. The average Bonchev–Trinajstić information content (AvgIpc) is 3.05. The Morgan fingerprint density at radius 1 is 0.885 bits per heavy atom. The lowest BCUT2D eigenvalue weighted by atomic mass is 10.1. The van der Waals surface area contributed by atoms with Crippen molar-refractivity contribution in [2.75, 3.05) is 59.3 Å². The molecule has 1 aromatic carbocycles. The summed E-state index contributed by atoms with van der Waals surface area (Å²) in [6.45, 7) is 4.02. The fourth-order valence-corrected chi connectivity index (χ4v) is 2.84. The van der Waals surface area contributed by atoms with E-state index in [-0.39, 0.29) is 0 Å². The molecule has 0 radical (unpaired) electrons. The lowest BCUT2D eigenvalue weighted by Crippen LogP contribution is -2.36. The predicted octanol–water partition coefficient (Wildman–Crippen LogP) is 2.55. The van der Waals surface area contributed by atoms with Crippen LogP contribution in [0.5, 0.6) is 0 Å². The van der Waals surface area contributed by atoms with E-state index in [0.717, 1.165) is 48.7 Å². The molecule has 6 heteroatoms. The van der Waals surface area contributed by atoms with Crippen molar-refractivity contribution in [1.29, 1.82) is 0 Å². The molecule has 3 aromatic rings. The van der Waals surface area contributed by atoms with Crippen LogP contribution < -0.4 is 4.90 Å². The van der Waals surface area contributed by atoms with Crippen LogP contribution in [0.3, 0.4) is 0 Å². The zero-order chi connectivity index (χ0) is 18.5. The Labute approximate surface area is 155 Å². The Morgan fingerprint density at radius 2 is 1.62 bits per heavy atom. The molecule has 0 atom stereocenters. The largest absolute Gasteiger partial charge is 0.369 e. The van der Waals surface area contributed by atoms with E-state index in [1.54, 1.807) is 6.20 Å². The molecule has 0 spiro atoms. The second kappa shape index (κ2) is 8.29. The van der Waals surface area contributed by atoms with Gasteiger partial charge >= 0.3 is 0 Å². The van der Waals surface area contributed by atoms with Gasteiger partial charge < -0.3 is 19.7 Å². The van der Waals surface area contributed by atoms with Gasteiger partial charge in [-0.2, -0.15) is 0 Å². The summed E-state index contributed by atoms with van der Waals surface area (Å²) in [7, 11) is 8.45. The number of aromatic nitrogens is 3. The third kappa shape index (κ3) is 4.59. The van der Waals surface area contributed by atoms with E-state index in [1.165, 1.54) is 5.69 Å². The van der Waals surface area contributed by atoms with E-state index in [2.05, 4.69) is 82.1 Å². The lowest BCUT2D eigenvalue weighted by Gasteiger charge is -2.28. The summed E-state index contributed by atoms with van der Waals surface area (Å²) in [6, 6.07) is 12.5. The fraction of sp³-hybridized carbons (Fsp3) is 0.400. The number of H-pyrrole nitrogens is 1. The first kappa shape index (κ1) is 18.4. The highest BCUT2D eigenvalue weighted by molar-refractivity contribution is 5.76. The Balaban J connectivity index is 1.86. The number of fused-ring (bicyclic) bond motifs is 1. The molecule has 0 fully saturated rings. The molecule has 0 bridgehead atoms. The number of hydrogen-bond donors (Lipinski definition) is 1. The number of aromatic amines is 1. The van der Waals surface area contributed by atoms with Gasteiger partial charge in [-0.1, -0.05) is 12.1 Å². The first-order chi connectivity index (χ1) is 12.5. The van der Waals surface area contributed by atoms with Crippen molar-refractivity contribution >= 4 is 16.9 Å². The van der Waals surface area contributed by atoms with Gasteiger partial charge in [0.1, 0.15) is 5.82 Å². The van der Waals surface area contributed by atoms with E-state index in [4.69, 9.17) is 0 Å². The van der Waals surface area contributed by atoms with E-state index in [1.807, 2.05) is 12.1 Å². The monoisotopic (exact) mass is 352 g/mol. The third-order valence-electron chi connectivity index (χ3n) is 4.38. The molecule has 26 heavy (non-hydrogen) atoms. The number of imidazole rings is 1. The minimum Gasteiger partial charge on any atom is -0.369 e. The molecule has 0 saturated heterocycles. The Hall–Kier alpha value is -2.44. The van der Waals surface area contributed by atoms with Crippen molar-refractivity contribution in [3.05, 3.63) is 42.6 Å². The summed E-state index contributed by atoms with van der Waals surface area (Å²) in [5.41, 5.74) is 4.02. The van der Waals surface area contributed by atoms with Crippen molar-refractivity contribution in [2.24, 2.45) is 0 Å². The van der Waals surface area contributed by atoms with Gasteiger partial charge in [0, 0.05) is 43.6 Å². The minimum atomic E-state index is 0.755. The number of anilines is 1. The first-order valence-electron chi connectivity index (χ1n) is 8.98. The fourth-order valence-electron chi connectivity index (χ4n) is 2.84. The molecular weight excluding hydrogens is 324 g/mol. The van der Waals surface area contributed by atoms with Crippen LogP contribution >= 0.6 is 0 Å². The van der Waals surface area contributed by atoms with E-state index < -0.39 is 0 Å². The van der Waals surface area contributed by atoms with Gasteiger partial charge in [0.2, 0.25) is 0 Å². The zero-order valence-electron chi connectivity index (χ0n) is 16.1. The van der Waals surface area contributed by atoms with Crippen LogP contribution in [0.25, 0.3) is 22.6 Å². The van der Waals surface area contributed by atoms with Crippen LogP contribution in [-0.2, 0) is 0 Å². The van der Waals surface area contributed by atoms with Crippen LogP contribution in [0.4, 0.5) is 5.69 Å². The van der Waals surface area contributed by atoms with Crippen LogP contribution in [0.15, 0.2) is 42.6 Å². The molecule has 0 unspecified atom stereocenters.